The number of H-pyrrole nitrogens is 1. The SMILES string of the molecule is Cc1cc2c(N3C[C@H](F)C[C@H](NC(=O)O)C3)c(F)cc(C#N)c2[nH]1. The molecule has 1 aromatic heterocycles. The Bertz CT molecular complexity index is 843. The van der Waals surface area contributed by atoms with E-state index < -0.39 is 24.1 Å². The van der Waals surface area contributed by atoms with Gasteiger partial charge in [-0.2, -0.15) is 5.26 Å². The lowest BCUT2D eigenvalue weighted by molar-refractivity contribution is 0.181. The molecule has 1 saturated heterocycles. The van der Waals surface area contributed by atoms with Crippen molar-refractivity contribution in [2.24, 2.45) is 0 Å². The number of anilines is 1. The van der Waals surface area contributed by atoms with Gasteiger partial charge in [0, 0.05) is 30.6 Å². The fourth-order valence-electron chi connectivity index (χ4n) is 3.29. The van der Waals surface area contributed by atoms with Crippen LogP contribution in [0.25, 0.3) is 10.9 Å². The Morgan fingerprint density at radius 3 is 2.92 bits per heavy atom. The van der Waals surface area contributed by atoms with Crippen LogP contribution in [0, 0.1) is 24.1 Å². The van der Waals surface area contributed by atoms with Gasteiger partial charge in [0.25, 0.3) is 0 Å². The number of hydrogen-bond acceptors (Lipinski definition) is 3. The molecule has 1 amide bonds. The van der Waals surface area contributed by atoms with Crippen molar-refractivity contribution in [2.75, 3.05) is 18.0 Å². The third kappa shape index (κ3) is 2.85. The van der Waals surface area contributed by atoms with Gasteiger partial charge in [0.2, 0.25) is 0 Å². The molecule has 0 saturated carbocycles. The second kappa shape index (κ2) is 6.00. The first kappa shape index (κ1) is 16.1. The molecule has 1 fully saturated rings. The molecule has 8 heteroatoms. The van der Waals surface area contributed by atoms with Crippen LogP contribution in [0.3, 0.4) is 0 Å². The van der Waals surface area contributed by atoms with Crippen LogP contribution in [0.15, 0.2) is 12.1 Å². The summed E-state index contributed by atoms with van der Waals surface area (Å²) in [6, 6.07) is 4.14. The molecule has 0 spiro atoms. The Morgan fingerprint density at radius 1 is 1.50 bits per heavy atom. The third-order valence-corrected chi connectivity index (χ3v) is 4.14. The molecule has 1 aliphatic heterocycles. The van der Waals surface area contributed by atoms with E-state index in [1.54, 1.807) is 13.0 Å². The maximum absolute atomic E-state index is 14.6. The molecule has 0 aliphatic carbocycles. The molecule has 1 aliphatic rings. The van der Waals surface area contributed by atoms with Crippen LogP contribution in [0.1, 0.15) is 17.7 Å². The van der Waals surface area contributed by atoms with Crippen molar-refractivity contribution in [1.82, 2.24) is 10.3 Å². The molecular weight excluding hydrogens is 318 g/mol. The minimum absolute atomic E-state index is 0.0278. The molecule has 0 unspecified atom stereocenters. The van der Waals surface area contributed by atoms with Crippen molar-refractivity contribution in [3.63, 3.8) is 0 Å². The number of aromatic nitrogens is 1. The highest BCUT2D eigenvalue weighted by atomic mass is 19.1. The van der Waals surface area contributed by atoms with Crippen molar-refractivity contribution in [3.05, 3.63) is 29.2 Å². The lowest BCUT2D eigenvalue weighted by atomic mass is 10.0. The Hall–Kier alpha value is -2.82. The molecule has 6 nitrogen and oxygen atoms in total. The Kier molecular flexibility index (Phi) is 4.01. The summed E-state index contributed by atoms with van der Waals surface area (Å²) in [5, 5.41) is 20.8. The van der Waals surface area contributed by atoms with E-state index in [4.69, 9.17) is 10.4 Å². The molecule has 2 atom stereocenters. The van der Waals surface area contributed by atoms with Crippen LogP contribution in [0.5, 0.6) is 0 Å². The number of aryl methyl sites for hydroxylation is 1. The van der Waals surface area contributed by atoms with Crippen molar-refractivity contribution >= 4 is 22.7 Å². The minimum atomic E-state index is -1.28. The number of nitrogens with zero attached hydrogens (tertiary/aromatic N) is 2. The number of rotatable bonds is 2. The van der Waals surface area contributed by atoms with Crippen molar-refractivity contribution in [3.8, 4) is 6.07 Å². The standard InChI is InChI=1S/C16H16F2N4O2/c1-8-2-12-14(20-8)9(5-19)3-13(18)15(12)22-6-10(17)4-11(7-22)21-16(23)24/h2-3,10-11,20-21H,4,6-7H2,1H3,(H,23,24)/t10-,11+/m1/s1. The van der Waals surface area contributed by atoms with Gasteiger partial charge < -0.3 is 20.3 Å². The maximum Gasteiger partial charge on any atom is 0.404 e. The van der Waals surface area contributed by atoms with E-state index in [0.29, 0.717) is 10.9 Å². The molecule has 0 radical (unpaired) electrons. The van der Waals surface area contributed by atoms with Crippen LogP contribution in [-0.2, 0) is 0 Å². The molecule has 2 aromatic rings. The smallest absolute Gasteiger partial charge is 0.404 e. The van der Waals surface area contributed by atoms with Crippen molar-refractivity contribution in [2.45, 2.75) is 25.6 Å². The largest absolute Gasteiger partial charge is 0.465 e. The second-order valence-corrected chi connectivity index (χ2v) is 5.99. The molecule has 3 N–H and O–H groups in total. The number of halogens is 2. The lowest BCUT2D eigenvalue weighted by Crippen LogP contribution is -2.51. The fraction of sp³-hybridized carbons (Fsp3) is 0.375. The highest BCUT2D eigenvalue weighted by Gasteiger charge is 2.31. The molecular formula is C16H16F2N4O2. The summed E-state index contributed by atoms with van der Waals surface area (Å²) in [6.45, 7) is 1.92. The number of nitriles is 1. The average Bonchev–Trinajstić information content (AvgIpc) is 2.85. The van der Waals surface area contributed by atoms with Gasteiger partial charge in [0.05, 0.1) is 22.8 Å². The normalized spacial score (nSPS) is 20.8. The predicted octanol–water partition coefficient (Wildman–Crippen LogP) is 2.67. The Morgan fingerprint density at radius 2 is 2.25 bits per heavy atom. The second-order valence-electron chi connectivity index (χ2n) is 5.99. The summed E-state index contributed by atoms with van der Waals surface area (Å²) < 4.78 is 28.7. The quantitative estimate of drug-likeness (QED) is 0.787. The Balaban J connectivity index is 2.06. The van der Waals surface area contributed by atoms with E-state index in [1.807, 2.05) is 6.07 Å². The number of piperidine rings is 1. The highest BCUT2D eigenvalue weighted by molar-refractivity contribution is 5.97. The van der Waals surface area contributed by atoms with Gasteiger partial charge >= 0.3 is 6.09 Å². The van der Waals surface area contributed by atoms with E-state index in [2.05, 4.69) is 10.3 Å². The lowest BCUT2D eigenvalue weighted by Gasteiger charge is -2.36. The topological polar surface area (TPSA) is 92.2 Å². The first-order chi connectivity index (χ1) is 11.4. The number of carboxylic acid groups (broad SMARTS) is 1. The van der Waals surface area contributed by atoms with Gasteiger partial charge in [0.15, 0.2) is 0 Å². The van der Waals surface area contributed by atoms with Gasteiger partial charge in [-0.15, -0.1) is 0 Å². The predicted molar refractivity (Wildman–Crippen MR) is 84.4 cm³/mol. The molecule has 2 heterocycles. The number of aromatic amines is 1. The number of amides is 1. The van der Waals surface area contributed by atoms with Crippen LogP contribution in [-0.4, -0.2) is 41.5 Å². The van der Waals surface area contributed by atoms with Crippen molar-refractivity contribution < 1.29 is 18.7 Å². The van der Waals surface area contributed by atoms with Gasteiger partial charge in [0.1, 0.15) is 18.1 Å². The zero-order valence-electron chi connectivity index (χ0n) is 12.9. The van der Waals surface area contributed by atoms with E-state index in [9.17, 15) is 13.6 Å². The van der Waals surface area contributed by atoms with Gasteiger partial charge in [-0.25, -0.2) is 13.6 Å². The summed E-state index contributed by atoms with van der Waals surface area (Å²) in [4.78, 5) is 15.3. The first-order valence-electron chi connectivity index (χ1n) is 7.49. The molecule has 1 aromatic carbocycles. The number of hydrogen-bond donors (Lipinski definition) is 3. The first-order valence-corrected chi connectivity index (χ1v) is 7.49. The van der Waals surface area contributed by atoms with E-state index in [-0.39, 0.29) is 30.8 Å². The summed E-state index contributed by atoms with van der Waals surface area (Å²) in [6.07, 6.45) is -2.46. The third-order valence-electron chi connectivity index (χ3n) is 4.14. The minimum Gasteiger partial charge on any atom is -0.465 e. The summed E-state index contributed by atoms with van der Waals surface area (Å²) in [7, 11) is 0. The van der Waals surface area contributed by atoms with Crippen LogP contribution >= 0.6 is 0 Å². The van der Waals surface area contributed by atoms with Crippen LogP contribution < -0.4 is 10.2 Å². The molecule has 24 heavy (non-hydrogen) atoms. The summed E-state index contributed by atoms with van der Waals surface area (Å²) in [5.74, 6) is -0.624. The number of benzene rings is 1. The van der Waals surface area contributed by atoms with Crippen LogP contribution in [0.4, 0.5) is 19.3 Å². The van der Waals surface area contributed by atoms with E-state index in [0.717, 1.165) is 11.8 Å². The monoisotopic (exact) mass is 334 g/mol. The zero-order chi connectivity index (χ0) is 17.4. The molecule has 126 valence electrons. The summed E-state index contributed by atoms with van der Waals surface area (Å²) in [5.41, 5.74) is 1.61. The van der Waals surface area contributed by atoms with Gasteiger partial charge in [-0.05, 0) is 19.1 Å². The number of fused-ring (bicyclic) bond motifs is 1. The fourth-order valence-corrected chi connectivity index (χ4v) is 3.29. The van der Waals surface area contributed by atoms with Crippen LogP contribution in [0.2, 0.25) is 0 Å². The number of alkyl halides is 1. The number of carbonyl (C=O) groups is 1. The Labute approximate surface area is 136 Å². The highest BCUT2D eigenvalue weighted by Crippen LogP contribution is 2.34. The average molecular weight is 334 g/mol. The molecule has 3 rings (SSSR count). The summed E-state index contributed by atoms with van der Waals surface area (Å²) >= 11 is 0. The van der Waals surface area contributed by atoms with Crippen molar-refractivity contribution in [1.29, 1.82) is 5.26 Å². The zero-order valence-corrected chi connectivity index (χ0v) is 12.9. The molecule has 0 bridgehead atoms. The maximum atomic E-state index is 14.6. The van der Waals surface area contributed by atoms with Gasteiger partial charge in [-0.3, -0.25) is 0 Å². The van der Waals surface area contributed by atoms with E-state index in [1.165, 1.54) is 4.90 Å². The van der Waals surface area contributed by atoms with E-state index >= 15 is 0 Å². The number of nitrogens with one attached hydrogen (secondary N) is 2. The van der Waals surface area contributed by atoms with Gasteiger partial charge in [-0.1, -0.05) is 0 Å².